The van der Waals surface area contributed by atoms with Crippen LogP contribution in [0, 0.1) is 11.8 Å². The van der Waals surface area contributed by atoms with Gasteiger partial charge in [0.25, 0.3) is 0 Å². The van der Waals surface area contributed by atoms with E-state index in [2.05, 4.69) is 25.4 Å². The zero-order valence-electron chi connectivity index (χ0n) is 10.6. The van der Waals surface area contributed by atoms with E-state index in [1.54, 1.807) is 0 Å². The number of hydrogen-bond donors (Lipinski definition) is 1. The molecule has 1 fully saturated rings. The lowest BCUT2D eigenvalue weighted by atomic mass is 9.76. The fraction of sp³-hybridized carbons (Fsp3) is 1.00. The first-order valence-electron chi connectivity index (χ1n) is 6.54. The third kappa shape index (κ3) is 4.36. The minimum Gasteiger partial charge on any atom is -0.314 e. The first-order chi connectivity index (χ1) is 7.31. The maximum Gasteiger partial charge on any atom is 0.00957 e. The van der Waals surface area contributed by atoms with Gasteiger partial charge in [-0.05, 0) is 56.1 Å². The topological polar surface area (TPSA) is 12.0 Å². The molecular weight excluding hydrogens is 202 g/mol. The highest BCUT2D eigenvalue weighted by atomic mass is 32.2. The van der Waals surface area contributed by atoms with Crippen LogP contribution in [-0.4, -0.2) is 24.6 Å². The van der Waals surface area contributed by atoms with Gasteiger partial charge in [-0.25, -0.2) is 0 Å². The van der Waals surface area contributed by atoms with Crippen molar-refractivity contribution in [1.82, 2.24) is 5.32 Å². The van der Waals surface area contributed by atoms with E-state index in [0.717, 1.165) is 24.4 Å². The Morgan fingerprint density at radius 3 is 2.67 bits per heavy atom. The average Bonchev–Trinajstić information content (AvgIpc) is 2.28. The van der Waals surface area contributed by atoms with Gasteiger partial charge in [-0.2, -0.15) is 11.8 Å². The first-order valence-corrected chi connectivity index (χ1v) is 7.93. The van der Waals surface area contributed by atoms with E-state index in [9.17, 15) is 0 Å². The number of hydrogen-bond acceptors (Lipinski definition) is 2. The second-order valence-electron chi connectivity index (χ2n) is 4.79. The zero-order valence-corrected chi connectivity index (χ0v) is 11.4. The smallest absolute Gasteiger partial charge is 0.00957 e. The molecule has 0 aromatic heterocycles. The summed E-state index contributed by atoms with van der Waals surface area (Å²) in [7, 11) is 0. The highest BCUT2D eigenvalue weighted by molar-refractivity contribution is 7.98. The molecule has 3 atom stereocenters. The number of rotatable bonds is 6. The van der Waals surface area contributed by atoms with E-state index < -0.39 is 0 Å². The summed E-state index contributed by atoms with van der Waals surface area (Å²) in [5.74, 6) is 3.28. The molecule has 0 aromatic carbocycles. The summed E-state index contributed by atoms with van der Waals surface area (Å²) in [5.41, 5.74) is 0. The lowest BCUT2D eigenvalue weighted by molar-refractivity contribution is 0.197. The van der Waals surface area contributed by atoms with E-state index in [1.807, 2.05) is 11.8 Å². The molecule has 0 radical (unpaired) electrons. The molecule has 0 spiro atoms. The monoisotopic (exact) mass is 229 g/mol. The van der Waals surface area contributed by atoms with E-state index in [1.165, 1.54) is 37.9 Å². The summed E-state index contributed by atoms with van der Waals surface area (Å²) < 4.78 is 0. The predicted octanol–water partition coefficient (Wildman–Crippen LogP) is 3.54. The fourth-order valence-corrected chi connectivity index (χ4v) is 3.39. The molecule has 3 unspecified atom stereocenters. The Kier molecular flexibility index (Phi) is 6.74. The van der Waals surface area contributed by atoms with E-state index in [0.29, 0.717) is 0 Å². The van der Waals surface area contributed by atoms with Crippen molar-refractivity contribution in [3.63, 3.8) is 0 Å². The standard InChI is InChI=1S/C13H27NS/c1-4-11-6-7-13(14-5-2)12(10-11)8-9-15-3/h11-14H,4-10H2,1-3H3. The van der Waals surface area contributed by atoms with Crippen LogP contribution in [0.3, 0.4) is 0 Å². The SMILES string of the molecule is CCNC1CCC(CC)CC1CCSC. The first kappa shape index (κ1) is 13.4. The van der Waals surface area contributed by atoms with E-state index in [-0.39, 0.29) is 0 Å². The molecule has 0 aliphatic heterocycles. The maximum absolute atomic E-state index is 3.68. The number of nitrogens with one attached hydrogen (secondary N) is 1. The third-order valence-corrected chi connectivity index (χ3v) is 4.47. The Balaban J connectivity index is 2.40. The van der Waals surface area contributed by atoms with Crippen molar-refractivity contribution >= 4 is 11.8 Å². The Hall–Kier alpha value is 0.310. The molecule has 1 N–H and O–H groups in total. The molecule has 90 valence electrons. The second kappa shape index (κ2) is 7.56. The van der Waals surface area contributed by atoms with Crippen LogP contribution in [0.1, 0.15) is 46.0 Å². The molecular formula is C13H27NS. The quantitative estimate of drug-likeness (QED) is 0.747. The number of thioether (sulfide) groups is 1. The summed E-state index contributed by atoms with van der Waals surface area (Å²) in [4.78, 5) is 0. The Bertz CT molecular complexity index is 161. The minimum atomic E-state index is 0.810. The molecule has 0 amide bonds. The van der Waals surface area contributed by atoms with Gasteiger partial charge in [-0.15, -0.1) is 0 Å². The molecule has 1 aliphatic rings. The van der Waals surface area contributed by atoms with E-state index >= 15 is 0 Å². The van der Waals surface area contributed by atoms with Crippen molar-refractivity contribution < 1.29 is 0 Å². The summed E-state index contributed by atoms with van der Waals surface area (Å²) in [5, 5.41) is 3.68. The Morgan fingerprint density at radius 2 is 2.07 bits per heavy atom. The molecule has 1 rings (SSSR count). The van der Waals surface area contributed by atoms with Crippen LogP contribution >= 0.6 is 11.8 Å². The maximum atomic E-state index is 3.68. The van der Waals surface area contributed by atoms with Crippen LogP contribution in [0.25, 0.3) is 0 Å². The van der Waals surface area contributed by atoms with Gasteiger partial charge in [0.05, 0.1) is 0 Å². The highest BCUT2D eigenvalue weighted by Gasteiger charge is 2.28. The van der Waals surface area contributed by atoms with Crippen LogP contribution in [0.4, 0.5) is 0 Å². The van der Waals surface area contributed by atoms with Crippen molar-refractivity contribution in [1.29, 1.82) is 0 Å². The molecule has 0 saturated heterocycles. The molecule has 15 heavy (non-hydrogen) atoms. The third-order valence-electron chi connectivity index (χ3n) is 3.83. The molecule has 1 saturated carbocycles. The fourth-order valence-electron chi connectivity index (χ4n) is 2.85. The molecule has 1 aliphatic carbocycles. The van der Waals surface area contributed by atoms with Crippen LogP contribution in [-0.2, 0) is 0 Å². The van der Waals surface area contributed by atoms with Crippen LogP contribution in [0.2, 0.25) is 0 Å². The molecule has 2 heteroatoms. The summed E-state index contributed by atoms with van der Waals surface area (Å²) in [6.45, 7) is 5.72. The van der Waals surface area contributed by atoms with Gasteiger partial charge in [0, 0.05) is 6.04 Å². The normalized spacial score (nSPS) is 31.8. The molecule has 0 aromatic rings. The van der Waals surface area contributed by atoms with Crippen LogP contribution in [0.5, 0.6) is 0 Å². The molecule has 0 bridgehead atoms. The van der Waals surface area contributed by atoms with Crippen molar-refractivity contribution in [3.05, 3.63) is 0 Å². The van der Waals surface area contributed by atoms with Crippen molar-refractivity contribution in [2.24, 2.45) is 11.8 Å². The van der Waals surface area contributed by atoms with Gasteiger partial charge in [0.2, 0.25) is 0 Å². The average molecular weight is 229 g/mol. The second-order valence-corrected chi connectivity index (χ2v) is 5.78. The molecule has 1 nitrogen and oxygen atoms in total. The van der Waals surface area contributed by atoms with Gasteiger partial charge >= 0.3 is 0 Å². The highest BCUT2D eigenvalue weighted by Crippen LogP contribution is 2.33. The van der Waals surface area contributed by atoms with Crippen LogP contribution in [0.15, 0.2) is 0 Å². The van der Waals surface area contributed by atoms with E-state index in [4.69, 9.17) is 0 Å². The predicted molar refractivity (Wildman–Crippen MR) is 71.6 cm³/mol. The van der Waals surface area contributed by atoms with Gasteiger partial charge in [0.15, 0.2) is 0 Å². The van der Waals surface area contributed by atoms with Gasteiger partial charge in [-0.3, -0.25) is 0 Å². The largest absolute Gasteiger partial charge is 0.314 e. The Morgan fingerprint density at radius 1 is 1.27 bits per heavy atom. The molecule has 0 heterocycles. The van der Waals surface area contributed by atoms with Crippen molar-refractivity contribution in [3.8, 4) is 0 Å². The summed E-state index contributed by atoms with van der Waals surface area (Å²) in [6, 6.07) is 0.810. The lowest BCUT2D eigenvalue weighted by Crippen LogP contribution is -2.40. The van der Waals surface area contributed by atoms with Crippen LogP contribution < -0.4 is 5.32 Å². The van der Waals surface area contributed by atoms with Gasteiger partial charge < -0.3 is 5.32 Å². The summed E-state index contributed by atoms with van der Waals surface area (Å²) >= 11 is 2.00. The minimum absolute atomic E-state index is 0.810. The van der Waals surface area contributed by atoms with Crippen molar-refractivity contribution in [2.75, 3.05) is 18.6 Å². The van der Waals surface area contributed by atoms with Gasteiger partial charge in [0.1, 0.15) is 0 Å². The Labute approximate surface area is 99.8 Å². The lowest BCUT2D eigenvalue weighted by Gasteiger charge is -2.36. The van der Waals surface area contributed by atoms with Crippen molar-refractivity contribution in [2.45, 2.75) is 52.0 Å². The zero-order chi connectivity index (χ0) is 11.1. The summed E-state index contributed by atoms with van der Waals surface area (Å²) in [6.07, 6.45) is 9.34. The van der Waals surface area contributed by atoms with Gasteiger partial charge in [-0.1, -0.05) is 20.3 Å².